The molecule has 4 aromatic rings. The Morgan fingerprint density at radius 1 is 1.13 bits per heavy atom. The van der Waals surface area contributed by atoms with Gasteiger partial charge in [-0.1, -0.05) is 12.1 Å². The van der Waals surface area contributed by atoms with Crippen molar-refractivity contribution in [2.75, 3.05) is 5.32 Å². The third kappa shape index (κ3) is 3.35. The number of carbonyl (C=O) groups is 1. The Labute approximate surface area is 175 Å². The lowest BCUT2D eigenvalue weighted by Gasteiger charge is -2.06. The van der Waals surface area contributed by atoms with Crippen LogP contribution in [0.5, 0.6) is 0 Å². The second kappa shape index (κ2) is 7.38. The Morgan fingerprint density at radius 2 is 1.90 bits per heavy atom. The fourth-order valence-corrected chi connectivity index (χ4v) is 3.93. The monoisotopic (exact) mass is 424 g/mol. The van der Waals surface area contributed by atoms with Gasteiger partial charge in [-0.3, -0.25) is 18.7 Å². The highest BCUT2D eigenvalue weighted by atomic mass is 32.1. The number of thiazole rings is 1. The number of carbonyl (C=O) groups excluding carboxylic acids is 1. The normalized spacial score (nSPS) is 11.2. The number of nitrogens with zero attached hydrogens (tertiary/aromatic N) is 5. The van der Waals surface area contributed by atoms with Crippen LogP contribution in [0.15, 0.2) is 39.4 Å². The van der Waals surface area contributed by atoms with E-state index in [1.165, 1.54) is 45.0 Å². The van der Waals surface area contributed by atoms with Crippen LogP contribution in [0.2, 0.25) is 0 Å². The van der Waals surface area contributed by atoms with Gasteiger partial charge in [0.1, 0.15) is 6.54 Å². The second-order valence-corrected chi connectivity index (χ2v) is 7.99. The van der Waals surface area contributed by atoms with E-state index in [0.717, 1.165) is 15.8 Å². The van der Waals surface area contributed by atoms with E-state index >= 15 is 0 Å². The third-order valence-corrected chi connectivity index (χ3v) is 5.87. The minimum absolute atomic E-state index is 0.171. The standard InChI is InChI=1S/C20H20N6O3S/c1-11-5-6-13(7-12(11)2)14-10-30-19(22-14)23-16(27)9-26-17-15(8-21-26)24(3)20(29)25(4)18(17)28/h5-8,10H,9H2,1-4H3,(H,22,23,27). The van der Waals surface area contributed by atoms with E-state index < -0.39 is 11.2 Å². The van der Waals surface area contributed by atoms with Crippen molar-refractivity contribution in [2.24, 2.45) is 14.1 Å². The summed E-state index contributed by atoms with van der Waals surface area (Å²) in [6.07, 6.45) is 1.41. The van der Waals surface area contributed by atoms with Gasteiger partial charge in [0.15, 0.2) is 10.6 Å². The molecule has 0 spiro atoms. The van der Waals surface area contributed by atoms with Crippen molar-refractivity contribution in [1.82, 2.24) is 23.9 Å². The van der Waals surface area contributed by atoms with E-state index in [0.29, 0.717) is 10.6 Å². The molecule has 9 nitrogen and oxygen atoms in total. The van der Waals surface area contributed by atoms with Crippen molar-refractivity contribution in [1.29, 1.82) is 0 Å². The van der Waals surface area contributed by atoms with E-state index in [9.17, 15) is 14.4 Å². The number of benzene rings is 1. The number of nitrogens with one attached hydrogen (secondary N) is 1. The number of hydrogen-bond acceptors (Lipinski definition) is 6. The molecule has 4 rings (SSSR count). The predicted molar refractivity (Wildman–Crippen MR) is 116 cm³/mol. The SMILES string of the molecule is Cc1ccc(-c2csc(NC(=O)Cn3ncc4c3c(=O)n(C)c(=O)n4C)n2)cc1C. The van der Waals surface area contributed by atoms with Crippen LogP contribution in [0.1, 0.15) is 11.1 Å². The van der Waals surface area contributed by atoms with Gasteiger partial charge in [-0.15, -0.1) is 11.3 Å². The van der Waals surface area contributed by atoms with E-state index in [1.54, 1.807) is 7.05 Å². The molecule has 0 unspecified atom stereocenters. The first kappa shape index (κ1) is 19.8. The smallest absolute Gasteiger partial charge is 0.300 e. The van der Waals surface area contributed by atoms with Crippen LogP contribution >= 0.6 is 11.3 Å². The third-order valence-electron chi connectivity index (χ3n) is 5.11. The predicted octanol–water partition coefficient (Wildman–Crippen LogP) is 1.81. The van der Waals surface area contributed by atoms with E-state index in [1.807, 2.05) is 24.4 Å². The molecule has 0 saturated carbocycles. The highest BCUT2D eigenvalue weighted by Gasteiger charge is 2.16. The quantitative estimate of drug-likeness (QED) is 0.538. The molecule has 30 heavy (non-hydrogen) atoms. The first-order chi connectivity index (χ1) is 14.3. The molecule has 154 valence electrons. The number of amides is 1. The van der Waals surface area contributed by atoms with E-state index in [4.69, 9.17) is 0 Å². The van der Waals surface area contributed by atoms with Gasteiger partial charge in [-0.05, 0) is 31.0 Å². The molecular weight excluding hydrogens is 404 g/mol. The molecule has 0 radical (unpaired) electrons. The number of fused-ring (bicyclic) bond motifs is 1. The Morgan fingerprint density at radius 3 is 2.63 bits per heavy atom. The van der Waals surface area contributed by atoms with Gasteiger partial charge in [0.05, 0.1) is 17.4 Å². The summed E-state index contributed by atoms with van der Waals surface area (Å²) < 4.78 is 3.62. The van der Waals surface area contributed by atoms with Gasteiger partial charge >= 0.3 is 5.69 Å². The number of rotatable bonds is 4. The molecule has 0 bridgehead atoms. The average molecular weight is 424 g/mol. The summed E-state index contributed by atoms with van der Waals surface area (Å²) in [4.78, 5) is 41.5. The van der Waals surface area contributed by atoms with Crippen molar-refractivity contribution in [2.45, 2.75) is 20.4 Å². The van der Waals surface area contributed by atoms with Crippen LogP contribution in [0.3, 0.4) is 0 Å². The van der Waals surface area contributed by atoms with Gasteiger partial charge in [-0.2, -0.15) is 5.10 Å². The van der Waals surface area contributed by atoms with Crippen molar-refractivity contribution >= 4 is 33.4 Å². The second-order valence-electron chi connectivity index (χ2n) is 7.13. The lowest BCUT2D eigenvalue weighted by atomic mass is 10.1. The maximum Gasteiger partial charge on any atom is 0.331 e. The molecular formula is C20H20N6O3S. The summed E-state index contributed by atoms with van der Waals surface area (Å²) >= 11 is 1.33. The van der Waals surface area contributed by atoms with Gasteiger partial charge in [0, 0.05) is 25.0 Å². The number of anilines is 1. The molecule has 1 N–H and O–H groups in total. The highest BCUT2D eigenvalue weighted by Crippen LogP contribution is 2.26. The first-order valence-electron chi connectivity index (χ1n) is 9.21. The Kier molecular flexibility index (Phi) is 4.86. The van der Waals surface area contributed by atoms with Gasteiger partial charge < -0.3 is 5.32 Å². The molecule has 1 aromatic carbocycles. The maximum absolute atomic E-state index is 12.5. The summed E-state index contributed by atoms with van der Waals surface area (Å²) in [5.41, 5.74) is 3.78. The van der Waals surface area contributed by atoms with Gasteiger partial charge in [0.25, 0.3) is 5.56 Å². The molecule has 0 fully saturated rings. The Hall–Kier alpha value is -3.53. The fourth-order valence-electron chi connectivity index (χ4n) is 3.19. The molecule has 3 aromatic heterocycles. The first-order valence-corrected chi connectivity index (χ1v) is 10.1. The van der Waals surface area contributed by atoms with Crippen LogP contribution in [-0.2, 0) is 25.4 Å². The molecule has 3 heterocycles. The van der Waals surface area contributed by atoms with Crippen LogP contribution in [0.25, 0.3) is 22.3 Å². The van der Waals surface area contributed by atoms with Crippen LogP contribution in [0.4, 0.5) is 5.13 Å². The summed E-state index contributed by atoms with van der Waals surface area (Å²) in [5, 5.41) is 9.22. The zero-order valence-corrected chi connectivity index (χ0v) is 17.8. The number of hydrogen-bond donors (Lipinski definition) is 1. The summed E-state index contributed by atoms with van der Waals surface area (Å²) in [6.45, 7) is 3.92. The van der Waals surface area contributed by atoms with Crippen molar-refractivity contribution in [3.8, 4) is 11.3 Å². The van der Waals surface area contributed by atoms with E-state index in [2.05, 4.69) is 28.4 Å². The minimum Gasteiger partial charge on any atom is -0.300 e. The van der Waals surface area contributed by atoms with Crippen LogP contribution in [-0.4, -0.2) is 29.8 Å². The Bertz CT molecular complexity index is 1410. The summed E-state index contributed by atoms with van der Waals surface area (Å²) in [7, 11) is 2.95. The summed E-state index contributed by atoms with van der Waals surface area (Å²) in [5.74, 6) is -0.364. The number of aryl methyl sites for hydroxylation is 3. The topological polar surface area (TPSA) is 104 Å². The Balaban J connectivity index is 1.56. The van der Waals surface area contributed by atoms with Gasteiger partial charge in [0.2, 0.25) is 5.91 Å². The zero-order valence-electron chi connectivity index (χ0n) is 17.0. The van der Waals surface area contributed by atoms with Crippen LogP contribution in [0, 0.1) is 13.8 Å². The molecule has 0 aliphatic heterocycles. The fraction of sp³-hybridized carbons (Fsp3) is 0.250. The molecule has 0 aliphatic carbocycles. The average Bonchev–Trinajstić information content (AvgIpc) is 3.34. The number of aromatic nitrogens is 5. The highest BCUT2D eigenvalue weighted by molar-refractivity contribution is 7.14. The maximum atomic E-state index is 12.5. The molecule has 1 amide bonds. The van der Waals surface area contributed by atoms with Crippen LogP contribution < -0.4 is 16.6 Å². The lowest BCUT2D eigenvalue weighted by Crippen LogP contribution is -2.37. The van der Waals surface area contributed by atoms with E-state index in [-0.39, 0.29) is 18.0 Å². The van der Waals surface area contributed by atoms with Gasteiger partial charge in [-0.25, -0.2) is 14.5 Å². The minimum atomic E-state index is -0.496. The summed E-state index contributed by atoms with van der Waals surface area (Å²) in [6, 6.07) is 6.10. The molecule has 0 aliphatic rings. The molecule has 10 heteroatoms. The van der Waals surface area contributed by atoms with Crippen molar-refractivity contribution < 1.29 is 4.79 Å². The zero-order chi connectivity index (χ0) is 21.6. The lowest BCUT2D eigenvalue weighted by molar-refractivity contribution is -0.116. The van der Waals surface area contributed by atoms with Crippen molar-refractivity contribution in [3.05, 3.63) is 61.7 Å². The molecule has 0 saturated heterocycles. The largest absolute Gasteiger partial charge is 0.331 e. The van der Waals surface area contributed by atoms with Crippen molar-refractivity contribution in [3.63, 3.8) is 0 Å². The molecule has 0 atom stereocenters.